The van der Waals surface area contributed by atoms with Gasteiger partial charge in [-0.25, -0.2) is 9.18 Å². The summed E-state index contributed by atoms with van der Waals surface area (Å²) in [5.74, 6) is 1.14. The summed E-state index contributed by atoms with van der Waals surface area (Å²) in [6.45, 7) is 13.0. The summed E-state index contributed by atoms with van der Waals surface area (Å²) < 4.78 is 15.4. The first-order valence-corrected chi connectivity index (χ1v) is 13.9. The second-order valence-corrected chi connectivity index (χ2v) is 10.9. The second kappa shape index (κ2) is 10.4. The number of aryl methyl sites for hydroxylation is 1. The van der Waals surface area contributed by atoms with E-state index < -0.39 is 0 Å². The Hall–Kier alpha value is -4.16. The van der Waals surface area contributed by atoms with Crippen LogP contribution in [0.25, 0.3) is 15.9 Å². The molecule has 0 N–H and O–H groups in total. The van der Waals surface area contributed by atoms with Crippen molar-refractivity contribution in [1.29, 1.82) is 0 Å². The van der Waals surface area contributed by atoms with E-state index in [2.05, 4.69) is 50.6 Å². The molecule has 0 spiro atoms. The maximum atomic E-state index is 13.9. The van der Waals surface area contributed by atoms with E-state index in [1.165, 1.54) is 35.1 Å². The molecule has 0 bridgehead atoms. The molecule has 6 rings (SSSR count). The fraction of sp³-hybridized carbons (Fsp3) is 0.387. The molecule has 40 heavy (non-hydrogen) atoms. The lowest BCUT2D eigenvalue weighted by molar-refractivity contribution is 0.113. The number of aromatic nitrogens is 4. The molecule has 8 nitrogen and oxygen atoms in total. The third-order valence-electron chi connectivity index (χ3n) is 8.32. The molecule has 1 saturated heterocycles. The Morgan fingerprint density at radius 2 is 1.85 bits per heavy atom. The third-order valence-corrected chi connectivity index (χ3v) is 8.32. The van der Waals surface area contributed by atoms with Gasteiger partial charge in [0.25, 0.3) is 5.82 Å². The molecule has 204 valence electrons. The van der Waals surface area contributed by atoms with Gasteiger partial charge < -0.3 is 9.74 Å². The molecule has 1 aliphatic heterocycles. The van der Waals surface area contributed by atoms with Crippen molar-refractivity contribution in [2.45, 2.75) is 57.2 Å². The number of hydrogen-bond acceptors (Lipinski definition) is 6. The van der Waals surface area contributed by atoms with Crippen LogP contribution in [0.5, 0.6) is 0 Å². The number of nitrogens with zero attached hydrogens (tertiary/aromatic N) is 7. The summed E-state index contributed by atoms with van der Waals surface area (Å²) in [4.78, 5) is 34.9. The van der Waals surface area contributed by atoms with Crippen molar-refractivity contribution in [1.82, 2.24) is 24.4 Å². The highest BCUT2D eigenvalue weighted by Gasteiger charge is 2.38. The van der Waals surface area contributed by atoms with Crippen LogP contribution >= 0.6 is 0 Å². The second-order valence-electron chi connectivity index (χ2n) is 10.9. The largest absolute Gasteiger partial charge is 0.361 e. The Morgan fingerprint density at radius 1 is 1.07 bits per heavy atom. The van der Waals surface area contributed by atoms with Crippen LogP contribution in [0.2, 0.25) is 0 Å². The lowest BCUT2D eigenvalue weighted by Gasteiger charge is -2.48. The van der Waals surface area contributed by atoms with Crippen molar-refractivity contribution >= 4 is 22.7 Å². The van der Waals surface area contributed by atoms with Gasteiger partial charge in [0.1, 0.15) is 5.82 Å². The SMILES string of the molecule is [C-]#[N+]c1ccc2c(n1)c(N1C[C@@H](CC)N(C(c3ccc(F)cc3)c3ccc(C4CC4)cn3)C[C@@H]1C)nc(=O)n2C. The van der Waals surface area contributed by atoms with E-state index in [1.54, 1.807) is 19.2 Å². The first kappa shape index (κ1) is 26.1. The zero-order chi connectivity index (χ0) is 28.0. The summed E-state index contributed by atoms with van der Waals surface area (Å²) >= 11 is 0. The highest BCUT2D eigenvalue weighted by molar-refractivity contribution is 5.87. The van der Waals surface area contributed by atoms with E-state index in [1.807, 2.05) is 18.3 Å². The standard InChI is InChI=1S/C31H32FN7O/c1-5-24-18-38(30-28-26(37(4)31(40)36-30)14-15-27(33-3)35-28)19(2)17-39(24)29(21-8-11-23(32)12-9-21)25-13-10-22(16-34-25)20-6-7-20/h8-16,19-20,24,29H,5-7,17-18H2,1-2,4H3/t19-,24+,29?/m0/s1. The zero-order valence-electron chi connectivity index (χ0n) is 23.0. The molecule has 1 unspecified atom stereocenters. The first-order valence-electron chi connectivity index (χ1n) is 13.9. The number of rotatable bonds is 6. The van der Waals surface area contributed by atoms with Gasteiger partial charge in [0.15, 0.2) is 5.82 Å². The number of benzene rings is 1. The summed E-state index contributed by atoms with van der Waals surface area (Å²) in [6.07, 6.45) is 5.29. The van der Waals surface area contributed by atoms with Crippen molar-refractivity contribution < 1.29 is 4.39 Å². The lowest BCUT2D eigenvalue weighted by Crippen LogP contribution is -2.58. The van der Waals surface area contributed by atoms with Gasteiger partial charge in [-0.2, -0.15) is 4.98 Å². The highest BCUT2D eigenvalue weighted by Crippen LogP contribution is 2.41. The van der Waals surface area contributed by atoms with Gasteiger partial charge >= 0.3 is 5.69 Å². The Labute approximate surface area is 232 Å². The molecule has 3 aromatic heterocycles. The number of anilines is 1. The van der Waals surface area contributed by atoms with E-state index in [0.717, 1.165) is 17.7 Å². The van der Waals surface area contributed by atoms with E-state index in [9.17, 15) is 9.18 Å². The zero-order valence-corrected chi connectivity index (χ0v) is 23.0. The van der Waals surface area contributed by atoms with E-state index in [-0.39, 0.29) is 35.5 Å². The molecule has 0 amide bonds. The number of hydrogen-bond donors (Lipinski definition) is 0. The number of piperazine rings is 1. The van der Waals surface area contributed by atoms with E-state index in [0.29, 0.717) is 35.9 Å². The van der Waals surface area contributed by atoms with Gasteiger partial charge in [0.2, 0.25) is 5.52 Å². The molecule has 3 atom stereocenters. The van der Waals surface area contributed by atoms with Gasteiger partial charge in [0.05, 0.1) is 17.3 Å². The van der Waals surface area contributed by atoms with Gasteiger partial charge in [-0.3, -0.25) is 14.5 Å². The lowest BCUT2D eigenvalue weighted by atomic mass is 9.94. The Bertz CT molecular complexity index is 1640. The Balaban J connectivity index is 1.40. The molecule has 1 aliphatic carbocycles. The Morgan fingerprint density at radius 3 is 2.50 bits per heavy atom. The van der Waals surface area contributed by atoms with Crippen LogP contribution in [0, 0.1) is 12.4 Å². The van der Waals surface area contributed by atoms with Gasteiger partial charge in [0, 0.05) is 38.4 Å². The van der Waals surface area contributed by atoms with Crippen LogP contribution in [0.3, 0.4) is 0 Å². The number of pyridine rings is 2. The van der Waals surface area contributed by atoms with Gasteiger partial charge in [-0.1, -0.05) is 31.7 Å². The van der Waals surface area contributed by atoms with Crippen LogP contribution < -0.4 is 10.6 Å². The van der Waals surface area contributed by atoms with Crippen molar-refractivity contribution in [2.75, 3.05) is 18.0 Å². The van der Waals surface area contributed by atoms with Gasteiger partial charge in [-0.15, -0.1) is 4.98 Å². The van der Waals surface area contributed by atoms with Crippen molar-refractivity contribution in [2.24, 2.45) is 7.05 Å². The normalized spacial score (nSPS) is 20.4. The van der Waals surface area contributed by atoms with Crippen LogP contribution in [0.1, 0.15) is 61.9 Å². The minimum Gasteiger partial charge on any atom is -0.361 e. The molecular weight excluding hydrogens is 505 g/mol. The smallest absolute Gasteiger partial charge is 0.350 e. The average Bonchev–Trinajstić information content (AvgIpc) is 3.82. The molecule has 1 saturated carbocycles. The molecule has 4 heterocycles. The molecular formula is C31H32FN7O. The summed E-state index contributed by atoms with van der Waals surface area (Å²) in [5.41, 5.74) is 4.06. The summed E-state index contributed by atoms with van der Waals surface area (Å²) in [7, 11) is 1.67. The summed E-state index contributed by atoms with van der Waals surface area (Å²) in [5, 5.41) is 0. The van der Waals surface area contributed by atoms with E-state index in [4.69, 9.17) is 11.6 Å². The van der Waals surface area contributed by atoms with Crippen LogP contribution in [-0.4, -0.2) is 49.6 Å². The fourth-order valence-corrected chi connectivity index (χ4v) is 5.91. The fourth-order valence-electron chi connectivity index (χ4n) is 5.91. The minimum atomic E-state index is -0.355. The van der Waals surface area contributed by atoms with Crippen molar-refractivity contribution in [3.8, 4) is 0 Å². The predicted molar refractivity (Wildman–Crippen MR) is 153 cm³/mol. The highest BCUT2D eigenvalue weighted by atomic mass is 19.1. The quantitative estimate of drug-likeness (QED) is 0.308. The minimum absolute atomic E-state index is 0.0160. The maximum absolute atomic E-state index is 13.9. The summed E-state index contributed by atoms with van der Waals surface area (Å²) in [6, 6.07) is 14.4. The van der Waals surface area contributed by atoms with Crippen LogP contribution in [0.15, 0.2) is 59.5 Å². The molecule has 4 aromatic rings. The average molecular weight is 538 g/mol. The van der Waals surface area contributed by atoms with Crippen molar-refractivity contribution in [3.05, 3.63) is 99.3 Å². The molecule has 2 aliphatic rings. The third kappa shape index (κ3) is 4.73. The number of halogens is 1. The molecule has 9 heteroatoms. The maximum Gasteiger partial charge on any atom is 0.350 e. The van der Waals surface area contributed by atoms with Crippen LogP contribution in [-0.2, 0) is 7.05 Å². The Kier molecular flexibility index (Phi) is 6.80. The van der Waals surface area contributed by atoms with E-state index >= 15 is 0 Å². The molecule has 2 fully saturated rings. The van der Waals surface area contributed by atoms with Crippen LogP contribution in [0.4, 0.5) is 16.0 Å². The predicted octanol–water partition coefficient (Wildman–Crippen LogP) is 5.37. The monoisotopic (exact) mass is 537 g/mol. The molecule has 0 radical (unpaired) electrons. The first-order chi connectivity index (χ1) is 19.4. The number of fused-ring (bicyclic) bond motifs is 1. The van der Waals surface area contributed by atoms with Gasteiger partial charge in [-0.05, 0) is 73.6 Å². The van der Waals surface area contributed by atoms with Crippen molar-refractivity contribution in [3.63, 3.8) is 0 Å². The molecule has 1 aromatic carbocycles. The topological polar surface area (TPSA) is 71.5 Å².